The summed E-state index contributed by atoms with van der Waals surface area (Å²) in [6.45, 7) is 0. The smallest absolute Gasteiger partial charge is 0.245 e. The minimum absolute atomic E-state index is 0.140. The molecule has 86 valence electrons. The van der Waals surface area contributed by atoms with E-state index in [1.54, 1.807) is 6.07 Å². The van der Waals surface area contributed by atoms with Crippen molar-refractivity contribution in [3.05, 3.63) is 30.4 Å². The van der Waals surface area contributed by atoms with E-state index >= 15 is 0 Å². The van der Waals surface area contributed by atoms with E-state index in [4.69, 9.17) is 15.9 Å². The SMILES string of the molecule is N#Cc1cnn(-c2ccncn2)c1S(=O)(=O)Cl. The molecule has 17 heavy (non-hydrogen) atoms. The second kappa shape index (κ2) is 4.12. The molecule has 9 heteroatoms. The zero-order valence-corrected chi connectivity index (χ0v) is 9.72. The molecule has 0 fully saturated rings. The van der Waals surface area contributed by atoms with Gasteiger partial charge >= 0.3 is 0 Å². The lowest BCUT2D eigenvalue weighted by Gasteiger charge is -2.02. The zero-order valence-electron chi connectivity index (χ0n) is 8.15. The van der Waals surface area contributed by atoms with Crippen LogP contribution in [0.2, 0.25) is 0 Å². The highest BCUT2D eigenvalue weighted by atomic mass is 35.7. The molecule has 0 aromatic carbocycles. The number of hydrogen-bond acceptors (Lipinski definition) is 6. The zero-order chi connectivity index (χ0) is 12.5. The average Bonchev–Trinajstić information content (AvgIpc) is 2.73. The molecule has 2 aromatic heterocycles. The summed E-state index contributed by atoms with van der Waals surface area (Å²) in [6, 6.07) is 3.15. The van der Waals surface area contributed by atoms with Crippen LogP contribution in [0.3, 0.4) is 0 Å². The molecular formula is C8H4ClN5O2S. The summed E-state index contributed by atoms with van der Waals surface area (Å²) in [5.41, 5.74) is -0.140. The van der Waals surface area contributed by atoms with Gasteiger partial charge in [-0.3, -0.25) is 0 Å². The van der Waals surface area contributed by atoms with Crippen molar-refractivity contribution in [3.8, 4) is 11.9 Å². The highest BCUT2D eigenvalue weighted by Crippen LogP contribution is 2.21. The topological polar surface area (TPSA) is 102 Å². The van der Waals surface area contributed by atoms with Gasteiger partial charge in [0.15, 0.2) is 10.8 Å². The van der Waals surface area contributed by atoms with Gasteiger partial charge in [-0.25, -0.2) is 23.1 Å². The minimum Gasteiger partial charge on any atom is -0.245 e. The van der Waals surface area contributed by atoms with Crippen LogP contribution in [0.25, 0.3) is 5.82 Å². The van der Waals surface area contributed by atoms with Gasteiger partial charge in [-0.2, -0.15) is 10.4 Å². The number of nitrogens with zero attached hydrogens (tertiary/aromatic N) is 5. The molecular weight excluding hydrogens is 266 g/mol. The summed E-state index contributed by atoms with van der Waals surface area (Å²) >= 11 is 0. The van der Waals surface area contributed by atoms with Gasteiger partial charge in [0, 0.05) is 22.9 Å². The maximum absolute atomic E-state index is 11.4. The third kappa shape index (κ3) is 2.11. The van der Waals surface area contributed by atoms with Crippen molar-refractivity contribution in [1.82, 2.24) is 19.7 Å². The van der Waals surface area contributed by atoms with E-state index < -0.39 is 14.1 Å². The number of halogens is 1. The van der Waals surface area contributed by atoms with Gasteiger partial charge in [-0.1, -0.05) is 0 Å². The van der Waals surface area contributed by atoms with Gasteiger partial charge in [0.25, 0.3) is 9.05 Å². The molecule has 0 bridgehead atoms. The van der Waals surface area contributed by atoms with Crippen molar-refractivity contribution < 1.29 is 8.42 Å². The summed E-state index contributed by atoms with van der Waals surface area (Å²) in [5.74, 6) is 0.209. The van der Waals surface area contributed by atoms with Crippen molar-refractivity contribution in [3.63, 3.8) is 0 Å². The molecule has 2 aromatic rings. The normalized spacial score (nSPS) is 11.1. The molecule has 2 rings (SSSR count). The fourth-order valence-electron chi connectivity index (χ4n) is 1.22. The Morgan fingerprint density at radius 2 is 2.24 bits per heavy atom. The van der Waals surface area contributed by atoms with Gasteiger partial charge in [0.05, 0.1) is 6.20 Å². The van der Waals surface area contributed by atoms with Gasteiger partial charge in [0.2, 0.25) is 0 Å². The molecule has 0 atom stereocenters. The fourth-order valence-corrected chi connectivity index (χ4v) is 2.37. The molecule has 7 nitrogen and oxygen atoms in total. The van der Waals surface area contributed by atoms with E-state index in [0.717, 1.165) is 10.9 Å². The van der Waals surface area contributed by atoms with Crippen LogP contribution >= 0.6 is 10.7 Å². The minimum atomic E-state index is -4.09. The molecule has 0 aliphatic rings. The summed E-state index contributed by atoms with van der Waals surface area (Å²) in [6.07, 6.45) is 3.76. The predicted octanol–water partition coefficient (Wildman–Crippen LogP) is 0.461. The number of hydrogen-bond donors (Lipinski definition) is 0. The van der Waals surface area contributed by atoms with Crippen LogP contribution < -0.4 is 0 Å². The van der Waals surface area contributed by atoms with E-state index in [1.165, 1.54) is 18.6 Å². The second-order valence-corrected chi connectivity index (χ2v) is 5.37. The van der Waals surface area contributed by atoms with Crippen LogP contribution in [0.1, 0.15) is 5.56 Å². The van der Waals surface area contributed by atoms with Crippen LogP contribution in [0.5, 0.6) is 0 Å². The van der Waals surface area contributed by atoms with Crippen molar-refractivity contribution in [2.24, 2.45) is 0 Å². The molecule has 0 aliphatic heterocycles. The summed E-state index contributed by atoms with van der Waals surface area (Å²) in [5, 5.41) is 12.1. The molecule has 0 aliphatic carbocycles. The Labute approximate surface area is 101 Å². The Kier molecular flexibility index (Phi) is 2.79. The summed E-state index contributed by atoms with van der Waals surface area (Å²) in [4.78, 5) is 7.52. The maximum Gasteiger partial charge on any atom is 0.280 e. The molecule has 0 N–H and O–H groups in total. The van der Waals surface area contributed by atoms with Crippen molar-refractivity contribution in [2.75, 3.05) is 0 Å². The lowest BCUT2D eigenvalue weighted by Crippen LogP contribution is -2.07. The first-order valence-electron chi connectivity index (χ1n) is 4.23. The Balaban J connectivity index is 2.74. The van der Waals surface area contributed by atoms with E-state index in [2.05, 4.69) is 15.1 Å². The number of aromatic nitrogens is 4. The van der Waals surface area contributed by atoms with E-state index in [0.29, 0.717) is 0 Å². The molecule has 0 radical (unpaired) electrons. The van der Waals surface area contributed by atoms with Crippen LogP contribution in [-0.4, -0.2) is 28.2 Å². The van der Waals surface area contributed by atoms with Crippen LogP contribution in [0, 0.1) is 11.3 Å². The first-order valence-corrected chi connectivity index (χ1v) is 6.54. The average molecular weight is 270 g/mol. The molecule has 0 saturated carbocycles. The number of rotatable bonds is 2. The monoisotopic (exact) mass is 269 g/mol. The molecule has 0 amide bonds. The van der Waals surface area contributed by atoms with E-state index in [1.807, 2.05) is 0 Å². The van der Waals surface area contributed by atoms with E-state index in [-0.39, 0.29) is 11.4 Å². The third-order valence-corrected chi connectivity index (χ3v) is 3.15. The highest BCUT2D eigenvalue weighted by Gasteiger charge is 2.24. The van der Waals surface area contributed by atoms with Crippen LogP contribution in [0.4, 0.5) is 0 Å². The second-order valence-electron chi connectivity index (χ2n) is 2.89. The van der Waals surface area contributed by atoms with Crippen LogP contribution in [-0.2, 0) is 9.05 Å². The largest absolute Gasteiger partial charge is 0.280 e. The molecule has 0 spiro atoms. The summed E-state index contributed by atoms with van der Waals surface area (Å²) in [7, 11) is 1.16. The Bertz CT molecular complexity index is 688. The lowest BCUT2D eigenvalue weighted by molar-refractivity contribution is 0.598. The number of nitriles is 1. The molecule has 2 heterocycles. The lowest BCUT2D eigenvalue weighted by atomic mass is 10.4. The first-order chi connectivity index (χ1) is 8.04. The van der Waals surface area contributed by atoms with Crippen molar-refractivity contribution in [1.29, 1.82) is 5.26 Å². The van der Waals surface area contributed by atoms with Gasteiger partial charge in [0.1, 0.15) is 18.0 Å². The standard InChI is InChI=1S/C8H4ClN5O2S/c9-17(15,16)8-6(3-10)4-13-14(8)7-1-2-11-5-12-7/h1-2,4-5H. The Hall–Kier alpha value is -1.98. The van der Waals surface area contributed by atoms with Crippen molar-refractivity contribution in [2.45, 2.75) is 5.03 Å². The predicted molar refractivity (Wildman–Crippen MR) is 56.9 cm³/mol. The van der Waals surface area contributed by atoms with Gasteiger partial charge in [-0.15, -0.1) is 0 Å². The Morgan fingerprint density at radius 3 is 2.76 bits per heavy atom. The van der Waals surface area contributed by atoms with E-state index in [9.17, 15) is 8.42 Å². The summed E-state index contributed by atoms with van der Waals surface area (Å²) < 4.78 is 23.7. The molecule has 0 unspecified atom stereocenters. The Morgan fingerprint density at radius 1 is 1.47 bits per heavy atom. The highest BCUT2D eigenvalue weighted by molar-refractivity contribution is 8.13. The third-order valence-electron chi connectivity index (χ3n) is 1.86. The van der Waals surface area contributed by atoms with Gasteiger partial charge < -0.3 is 0 Å². The molecule has 0 saturated heterocycles. The first kappa shape index (κ1) is 11.5. The van der Waals surface area contributed by atoms with Gasteiger partial charge in [-0.05, 0) is 0 Å². The maximum atomic E-state index is 11.4. The van der Waals surface area contributed by atoms with Crippen molar-refractivity contribution >= 4 is 19.7 Å². The quantitative estimate of drug-likeness (QED) is 0.734. The fraction of sp³-hybridized carbons (Fsp3) is 0. The van der Waals surface area contributed by atoms with Crippen LogP contribution in [0.15, 0.2) is 29.8 Å².